The van der Waals surface area contributed by atoms with Crippen molar-refractivity contribution in [3.63, 3.8) is 0 Å². The van der Waals surface area contributed by atoms with Crippen LogP contribution in [0.3, 0.4) is 0 Å². The number of fused-ring (bicyclic) bond motifs is 1. The summed E-state index contributed by atoms with van der Waals surface area (Å²) in [4.78, 5) is 14.6. The molecule has 0 spiro atoms. The van der Waals surface area contributed by atoms with Crippen LogP contribution >= 0.6 is 0 Å². The number of methoxy groups -OCH3 is 1. The Bertz CT molecular complexity index is 652. The van der Waals surface area contributed by atoms with Gasteiger partial charge in [0.2, 0.25) is 5.60 Å². The van der Waals surface area contributed by atoms with Crippen LogP contribution in [0.5, 0.6) is 0 Å². The SMILES string of the molecule is COC[C@@H]1Cc2ccccc2N1C(=O)[C@](C)(O)C#C[Si](C)(C)C. The normalized spacial score (nSPS) is 19.6. The van der Waals surface area contributed by atoms with E-state index in [1.165, 1.54) is 6.92 Å². The van der Waals surface area contributed by atoms with Gasteiger partial charge in [0, 0.05) is 12.8 Å². The molecule has 2 rings (SSSR count). The summed E-state index contributed by atoms with van der Waals surface area (Å²) in [7, 11) is -0.0530. The Morgan fingerprint density at radius 1 is 1.43 bits per heavy atom. The van der Waals surface area contributed by atoms with Crippen LogP contribution in [0.15, 0.2) is 24.3 Å². The molecule has 1 heterocycles. The highest BCUT2D eigenvalue weighted by Gasteiger charge is 2.41. The van der Waals surface area contributed by atoms with Crippen LogP contribution < -0.4 is 4.90 Å². The molecule has 1 aromatic carbocycles. The smallest absolute Gasteiger partial charge is 0.271 e. The summed E-state index contributed by atoms with van der Waals surface area (Å²) in [6.07, 6.45) is 0.729. The summed E-state index contributed by atoms with van der Waals surface area (Å²) in [5.74, 6) is 2.42. The van der Waals surface area contributed by atoms with Gasteiger partial charge in [-0.05, 0) is 25.0 Å². The lowest BCUT2D eigenvalue weighted by Gasteiger charge is -2.30. The van der Waals surface area contributed by atoms with Crippen LogP contribution in [-0.2, 0) is 16.0 Å². The number of rotatable bonds is 3. The van der Waals surface area contributed by atoms with Crippen LogP contribution in [-0.4, -0.2) is 44.4 Å². The Kier molecular flexibility index (Phi) is 5.00. The van der Waals surface area contributed by atoms with Crippen LogP contribution in [0.4, 0.5) is 5.69 Å². The molecular weight excluding hydrogens is 306 g/mol. The monoisotopic (exact) mass is 331 g/mol. The number of nitrogens with zero attached hydrogens (tertiary/aromatic N) is 1. The molecule has 1 aliphatic rings. The molecule has 124 valence electrons. The van der Waals surface area contributed by atoms with Gasteiger partial charge in [-0.2, -0.15) is 0 Å². The van der Waals surface area contributed by atoms with Crippen molar-refractivity contribution in [2.75, 3.05) is 18.6 Å². The van der Waals surface area contributed by atoms with E-state index in [0.29, 0.717) is 6.61 Å². The highest BCUT2D eigenvalue weighted by Crippen LogP contribution is 2.33. The fourth-order valence-electron chi connectivity index (χ4n) is 2.66. The number of aliphatic hydroxyl groups is 1. The molecule has 23 heavy (non-hydrogen) atoms. The molecule has 0 saturated heterocycles. The molecule has 0 fully saturated rings. The maximum atomic E-state index is 13.0. The topological polar surface area (TPSA) is 49.8 Å². The van der Waals surface area contributed by atoms with Gasteiger partial charge in [-0.3, -0.25) is 4.79 Å². The van der Waals surface area contributed by atoms with Gasteiger partial charge in [0.1, 0.15) is 8.07 Å². The van der Waals surface area contributed by atoms with E-state index in [2.05, 4.69) is 31.1 Å². The zero-order valence-electron chi connectivity index (χ0n) is 14.5. The minimum atomic E-state index is -1.69. The number of anilines is 1. The van der Waals surface area contributed by atoms with E-state index < -0.39 is 13.7 Å². The molecule has 0 unspecified atom stereocenters. The number of amides is 1. The minimum absolute atomic E-state index is 0.106. The maximum absolute atomic E-state index is 13.0. The van der Waals surface area contributed by atoms with Crippen LogP contribution in [0.1, 0.15) is 12.5 Å². The number of hydrogen-bond acceptors (Lipinski definition) is 3. The number of hydrogen-bond donors (Lipinski definition) is 1. The summed E-state index contributed by atoms with van der Waals surface area (Å²) in [5.41, 5.74) is 3.34. The lowest BCUT2D eigenvalue weighted by molar-refractivity contribution is -0.131. The molecule has 0 saturated carbocycles. The fourth-order valence-corrected chi connectivity index (χ4v) is 3.28. The number of benzene rings is 1. The predicted octanol–water partition coefficient (Wildman–Crippen LogP) is 2.22. The molecular formula is C18H25NO3Si. The second-order valence-corrected chi connectivity index (χ2v) is 11.9. The minimum Gasteiger partial charge on any atom is -0.383 e. The van der Waals surface area contributed by atoms with Gasteiger partial charge < -0.3 is 14.7 Å². The third-order valence-corrected chi connectivity index (χ3v) is 4.62. The molecule has 1 aromatic rings. The lowest BCUT2D eigenvalue weighted by atomic mass is 10.1. The number of ether oxygens (including phenoxy) is 1. The van der Waals surface area contributed by atoms with Crippen molar-refractivity contribution in [2.45, 2.75) is 44.6 Å². The van der Waals surface area contributed by atoms with Gasteiger partial charge in [-0.15, -0.1) is 5.54 Å². The number of carbonyl (C=O) groups is 1. The van der Waals surface area contributed by atoms with Crippen molar-refractivity contribution in [3.05, 3.63) is 29.8 Å². The molecule has 1 N–H and O–H groups in total. The maximum Gasteiger partial charge on any atom is 0.271 e. The third-order valence-electron chi connectivity index (χ3n) is 3.75. The molecule has 4 nitrogen and oxygen atoms in total. The van der Waals surface area contributed by atoms with Gasteiger partial charge in [0.05, 0.1) is 12.6 Å². The van der Waals surface area contributed by atoms with Gasteiger partial charge in [0.25, 0.3) is 5.91 Å². The third kappa shape index (κ3) is 4.02. The summed E-state index contributed by atoms with van der Waals surface area (Å²) < 4.78 is 5.26. The highest BCUT2D eigenvalue weighted by atomic mass is 28.3. The average Bonchev–Trinajstić information content (AvgIpc) is 2.82. The molecule has 2 atom stereocenters. The Balaban J connectivity index is 2.36. The van der Waals surface area contributed by atoms with E-state index in [0.717, 1.165) is 17.7 Å². The highest BCUT2D eigenvalue weighted by molar-refractivity contribution is 6.83. The summed E-state index contributed by atoms with van der Waals surface area (Å²) in [5, 5.41) is 10.6. The van der Waals surface area contributed by atoms with Crippen molar-refractivity contribution in [2.24, 2.45) is 0 Å². The standard InChI is InChI=1S/C18H25NO3Si/c1-18(21,10-11-23(3,4)5)17(20)19-15(13-22-2)12-14-8-6-7-9-16(14)19/h6-9,15,21H,12-13H2,1-5H3/t15-,18+/m0/s1. The molecule has 5 heteroatoms. The number of para-hydroxylation sites is 1. The van der Waals surface area contributed by atoms with E-state index in [9.17, 15) is 9.90 Å². The fraction of sp³-hybridized carbons (Fsp3) is 0.500. The first kappa shape index (κ1) is 17.7. The van der Waals surface area contributed by atoms with Crippen LogP contribution in [0.2, 0.25) is 19.6 Å². The Morgan fingerprint density at radius 3 is 2.70 bits per heavy atom. The zero-order chi connectivity index (χ0) is 17.3. The van der Waals surface area contributed by atoms with E-state index in [1.54, 1.807) is 12.0 Å². The van der Waals surface area contributed by atoms with E-state index in [4.69, 9.17) is 4.74 Å². The molecule has 1 aliphatic heterocycles. The molecule has 0 radical (unpaired) electrons. The van der Waals surface area contributed by atoms with Gasteiger partial charge >= 0.3 is 0 Å². The van der Waals surface area contributed by atoms with E-state index in [-0.39, 0.29) is 11.9 Å². The average molecular weight is 331 g/mol. The Labute approximate surface area is 139 Å². The van der Waals surface area contributed by atoms with Crippen LogP contribution in [0, 0.1) is 11.5 Å². The first-order valence-corrected chi connectivity index (χ1v) is 11.3. The Hall–Kier alpha value is -1.61. The van der Waals surface area contributed by atoms with Crippen molar-refractivity contribution in [1.29, 1.82) is 0 Å². The number of carbonyl (C=O) groups excluding carboxylic acids is 1. The van der Waals surface area contributed by atoms with Crippen molar-refractivity contribution >= 4 is 19.7 Å². The molecule has 0 bridgehead atoms. The second kappa shape index (κ2) is 6.48. The summed E-state index contributed by atoms with van der Waals surface area (Å²) in [6.45, 7) is 8.16. The molecule has 0 aromatic heterocycles. The quantitative estimate of drug-likeness (QED) is 0.682. The van der Waals surface area contributed by atoms with Crippen molar-refractivity contribution in [1.82, 2.24) is 0 Å². The largest absolute Gasteiger partial charge is 0.383 e. The van der Waals surface area contributed by atoms with Crippen LogP contribution in [0.25, 0.3) is 0 Å². The van der Waals surface area contributed by atoms with Crippen molar-refractivity contribution in [3.8, 4) is 11.5 Å². The van der Waals surface area contributed by atoms with E-state index in [1.807, 2.05) is 24.3 Å². The van der Waals surface area contributed by atoms with Gasteiger partial charge in [-0.25, -0.2) is 0 Å². The molecule has 1 amide bonds. The van der Waals surface area contributed by atoms with Gasteiger partial charge in [0.15, 0.2) is 0 Å². The Morgan fingerprint density at radius 2 is 2.09 bits per heavy atom. The van der Waals surface area contributed by atoms with Gasteiger partial charge in [-0.1, -0.05) is 43.8 Å². The van der Waals surface area contributed by atoms with Crippen molar-refractivity contribution < 1.29 is 14.6 Å². The molecule has 0 aliphatic carbocycles. The zero-order valence-corrected chi connectivity index (χ0v) is 15.5. The first-order valence-electron chi connectivity index (χ1n) is 7.83. The summed E-state index contributed by atoms with van der Waals surface area (Å²) >= 11 is 0. The van der Waals surface area contributed by atoms with E-state index >= 15 is 0 Å². The summed E-state index contributed by atoms with van der Waals surface area (Å²) in [6, 6.07) is 7.67. The second-order valence-electron chi connectivity index (χ2n) is 7.19. The predicted molar refractivity (Wildman–Crippen MR) is 95.0 cm³/mol. The first-order chi connectivity index (χ1) is 10.7. The lowest BCUT2D eigenvalue weighted by Crippen LogP contribution is -2.51.